The van der Waals surface area contributed by atoms with Crippen LogP contribution in [-0.4, -0.2) is 41.7 Å². The maximum Gasteiger partial charge on any atom is 0.329 e. The Kier molecular flexibility index (Phi) is 4.64. The van der Waals surface area contributed by atoms with E-state index in [1.54, 1.807) is 11.9 Å². The highest BCUT2D eigenvalue weighted by Gasteiger charge is 2.22. The molecule has 9 nitrogen and oxygen atoms in total. The molecule has 0 saturated heterocycles. The highest BCUT2D eigenvalue weighted by Crippen LogP contribution is 2.29. The second-order valence-corrected chi connectivity index (χ2v) is 4.74. The highest BCUT2D eigenvalue weighted by molar-refractivity contribution is 5.58. The van der Waals surface area contributed by atoms with Gasteiger partial charge in [0, 0.05) is 20.2 Å². The number of ether oxygens (including phenoxy) is 1. The molecule has 1 aliphatic rings. The number of nitrogen functional groups attached to an aromatic ring is 1. The van der Waals surface area contributed by atoms with Crippen LogP contribution < -0.4 is 16.2 Å². The second-order valence-electron chi connectivity index (χ2n) is 4.74. The molecule has 9 heteroatoms. The molecule has 110 valence electrons. The first-order valence-corrected chi connectivity index (χ1v) is 6.38. The normalized spacial score (nSPS) is 14.1. The van der Waals surface area contributed by atoms with E-state index in [-0.39, 0.29) is 17.5 Å². The largest absolute Gasteiger partial charge is 0.379 e. The summed E-state index contributed by atoms with van der Waals surface area (Å²) >= 11 is 0. The van der Waals surface area contributed by atoms with Crippen LogP contribution in [0.5, 0.6) is 0 Å². The Bertz CT molecular complexity index is 479. The van der Waals surface area contributed by atoms with Crippen molar-refractivity contribution in [2.75, 3.05) is 37.1 Å². The zero-order valence-corrected chi connectivity index (χ0v) is 11.3. The van der Waals surface area contributed by atoms with Crippen LogP contribution in [0.25, 0.3) is 0 Å². The number of rotatable bonds is 8. The van der Waals surface area contributed by atoms with Crippen molar-refractivity contribution in [1.29, 1.82) is 0 Å². The predicted molar refractivity (Wildman–Crippen MR) is 73.3 cm³/mol. The van der Waals surface area contributed by atoms with Gasteiger partial charge in [-0.05, 0) is 18.8 Å². The van der Waals surface area contributed by atoms with E-state index in [0.717, 1.165) is 12.8 Å². The number of nitrogens with two attached hydrogens (primary N) is 1. The van der Waals surface area contributed by atoms with Crippen LogP contribution in [0.3, 0.4) is 0 Å². The van der Waals surface area contributed by atoms with Gasteiger partial charge in [-0.15, -0.1) is 0 Å². The van der Waals surface area contributed by atoms with E-state index in [4.69, 9.17) is 10.6 Å². The van der Waals surface area contributed by atoms with Gasteiger partial charge in [0.05, 0.1) is 11.5 Å². The van der Waals surface area contributed by atoms with Gasteiger partial charge in [-0.1, -0.05) is 0 Å². The third-order valence-electron chi connectivity index (χ3n) is 3.06. The molecular weight excluding hydrogens is 264 g/mol. The summed E-state index contributed by atoms with van der Waals surface area (Å²) in [5, 5.41) is 11.0. The van der Waals surface area contributed by atoms with Crippen LogP contribution in [0.15, 0.2) is 6.20 Å². The van der Waals surface area contributed by atoms with E-state index in [2.05, 4.69) is 15.4 Å². The van der Waals surface area contributed by atoms with Gasteiger partial charge in [0.2, 0.25) is 11.8 Å². The Morgan fingerprint density at radius 1 is 1.65 bits per heavy atom. The van der Waals surface area contributed by atoms with E-state index in [1.807, 2.05) is 0 Å². The van der Waals surface area contributed by atoms with Crippen LogP contribution >= 0.6 is 0 Å². The number of nitro groups is 1. The van der Waals surface area contributed by atoms with Gasteiger partial charge < -0.3 is 9.64 Å². The van der Waals surface area contributed by atoms with E-state index in [1.165, 1.54) is 12.8 Å². The summed E-state index contributed by atoms with van der Waals surface area (Å²) in [4.78, 5) is 19.9. The first kappa shape index (κ1) is 14.4. The SMILES string of the molecule is CN(CCOCC1CC1)c1nc(NN)ncc1[N+](=O)[O-]. The lowest BCUT2D eigenvalue weighted by Crippen LogP contribution is -2.25. The van der Waals surface area contributed by atoms with E-state index in [0.29, 0.717) is 19.1 Å². The third-order valence-corrected chi connectivity index (χ3v) is 3.06. The van der Waals surface area contributed by atoms with Crippen molar-refractivity contribution < 1.29 is 9.66 Å². The minimum atomic E-state index is -0.517. The highest BCUT2D eigenvalue weighted by atomic mass is 16.6. The standard InChI is InChI=1S/C11H18N6O3/c1-16(4-5-20-7-8-2-3-8)10-9(17(18)19)6-13-11(14-10)15-12/h6,8H,2-5,7,12H2,1H3,(H,13,14,15). The number of anilines is 2. The number of aromatic nitrogens is 2. The number of hydrazine groups is 1. The molecule has 1 aliphatic carbocycles. The van der Waals surface area contributed by atoms with Crippen molar-refractivity contribution in [3.63, 3.8) is 0 Å². The quantitative estimate of drug-likeness (QED) is 0.307. The lowest BCUT2D eigenvalue weighted by molar-refractivity contribution is -0.384. The predicted octanol–water partition coefficient (Wildman–Crippen LogP) is 0.533. The van der Waals surface area contributed by atoms with Gasteiger partial charge in [-0.2, -0.15) is 4.98 Å². The molecule has 1 aromatic rings. The first-order chi connectivity index (χ1) is 9.61. The van der Waals surface area contributed by atoms with Crippen molar-refractivity contribution in [2.45, 2.75) is 12.8 Å². The molecule has 2 rings (SSSR count). The van der Waals surface area contributed by atoms with Gasteiger partial charge in [-0.3, -0.25) is 15.5 Å². The van der Waals surface area contributed by atoms with Crippen LogP contribution in [0, 0.1) is 16.0 Å². The molecule has 0 bridgehead atoms. The summed E-state index contributed by atoms with van der Waals surface area (Å²) in [6, 6.07) is 0. The molecule has 1 heterocycles. The maximum absolute atomic E-state index is 11.0. The molecule has 0 aliphatic heterocycles. The summed E-state index contributed by atoms with van der Waals surface area (Å²) < 4.78 is 5.51. The fourth-order valence-electron chi connectivity index (χ4n) is 1.69. The maximum atomic E-state index is 11.0. The average molecular weight is 282 g/mol. The molecule has 0 radical (unpaired) electrons. The first-order valence-electron chi connectivity index (χ1n) is 6.38. The monoisotopic (exact) mass is 282 g/mol. The molecule has 0 unspecified atom stereocenters. The van der Waals surface area contributed by atoms with E-state index < -0.39 is 4.92 Å². The van der Waals surface area contributed by atoms with Crippen molar-refractivity contribution >= 4 is 17.5 Å². The molecule has 20 heavy (non-hydrogen) atoms. The molecule has 3 N–H and O–H groups in total. The fourth-order valence-corrected chi connectivity index (χ4v) is 1.69. The van der Waals surface area contributed by atoms with Gasteiger partial charge in [0.25, 0.3) is 0 Å². The van der Waals surface area contributed by atoms with E-state index in [9.17, 15) is 10.1 Å². The van der Waals surface area contributed by atoms with Gasteiger partial charge in [-0.25, -0.2) is 10.8 Å². The molecule has 0 amide bonds. The number of nitrogens with zero attached hydrogens (tertiary/aromatic N) is 4. The Morgan fingerprint density at radius 2 is 2.40 bits per heavy atom. The van der Waals surface area contributed by atoms with E-state index >= 15 is 0 Å². The smallest absolute Gasteiger partial charge is 0.329 e. The molecule has 0 atom stereocenters. The Hall–Kier alpha value is -2.00. The van der Waals surface area contributed by atoms with Crippen molar-refractivity contribution in [3.8, 4) is 0 Å². The summed E-state index contributed by atoms with van der Waals surface area (Å²) in [5.74, 6) is 6.27. The van der Waals surface area contributed by atoms with Gasteiger partial charge in [0.1, 0.15) is 6.20 Å². The average Bonchev–Trinajstić information content (AvgIpc) is 3.26. The number of hydrogen-bond acceptors (Lipinski definition) is 8. The zero-order chi connectivity index (χ0) is 14.5. The topological polar surface area (TPSA) is 119 Å². The Labute approximate surface area is 116 Å². The second kappa shape index (κ2) is 6.44. The van der Waals surface area contributed by atoms with Crippen LogP contribution in [0.2, 0.25) is 0 Å². The Morgan fingerprint density at radius 3 is 3.00 bits per heavy atom. The molecule has 1 saturated carbocycles. The fraction of sp³-hybridized carbons (Fsp3) is 0.636. The minimum Gasteiger partial charge on any atom is -0.379 e. The summed E-state index contributed by atoms with van der Waals surface area (Å²) in [7, 11) is 1.72. The summed E-state index contributed by atoms with van der Waals surface area (Å²) in [6.45, 7) is 1.77. The molecule has 0 spiro atoms. The van der Waals surface area contributed by atoms with Crippen molar-refractivity contribution in [2.24, 2.45) is 11.8 Å². The van der Waals surface area contributed by atoms with Crippen molar-refractivity contribution in [1.82, 2.24) is 9.97 Å². The Balaban J connectivity index is 1.97. The number of likely N-dealkylation sites (N-methyl/N-ethyl adjacent to an activating group) is 1. The van der Waals surface area contributed by atoms with Gasteiger partial charge >= 0.3 is 5.69 Å². The number of nitrogens with one attached hydrogen (secondary N) is 1. The van der Waals surface area contributed by atoms with Crippen LogP contribution in [0.1, 0.15) is 12.8 Å². The third kappa shape index (κ3) is 3.75. The van der Waals surface area contributed by atoms with Gasteiger partial charge in [0.15, 0.2) is 0 Å². The molecular formula is C11H18N6O3. The molecule has 1 aromatic heterocycles. The lowest BCUT2D eigenvalue weighted by Gasteiger charge is -2.18. The summed E-state index contributed by atoms with van der Waals surface area (Å²) in [5.41, 5.74) is 2.12. The summed E-state index contributed by atoms with van der Waals surface area (Å²) in [6.07, 6.45) is 3.61. The van der Waals surface area contributed by atoms with Crippen LogP contribution in [-0.2, 0) is 4.74 Å². The minimum absolute atomic E-state index is 0.136. The zero-order valence-electron chi connectivity index (χ0n) is 11.3. The van der Waals surface area contributed by atoms with Crippen LogP contribution in [0.4, 0.5) is 17.5 Å². The van der Waals surface area contributed by atoms with Crippen molar-refractivity contribution in [3.05, 3.63) is 16.3 Å². The molecule has 1 fully saturated rings. The number of hydrogen-bond donors (Lipinski definition) is 2. The lowest BCUT2D eigenvalue weighted by atomic mass is 10.4. The molecule has 0 aromatic carbocycles.